The lowest BCUT2D eigenvalue weighted by Crippen LogP contribution is -2.21. The van der Waals surface area contributed by atoms with Crippen LogP contribution in [0.5, 0.6) is 11.5 Å². The van der Waals surface area contributed by atoms with E-state index in [-0.39, 0.29) is 12.4 Å². The van der Waals surface area contributed by atoms with Crippen molar-refractivity contribution in [3.63, 3.8) is 0 Å². The van der Waals surface area contributed by atoms with Crippen LogP contribution in [0.15, 0.2) is 38.0 Å². The van der Waals surface area contributed by atoms with E-state index in [4.69, 9.17) is 9.47 Å². The number of fused-ring (bicyclic) bond motifs is 2. The maximum atomic E-state index is 12.5. The molecule has 0 unspecified atom stereocenters. The van der Waals surface area contributed by atoms with Crippen molar-refractivity contribution in [1.29, 1.82) is 0 Å². The summed E-state index contributed by atoms with van der Waals surface area (Å²) in [4.78, 5) is 17.2. The van der Waals surface area contributed by atoms with E-state index in [2.05, 4.69) is 20.9 Å². The number of aromatic nitrogens is 2. The van der Waals surface area contributed by atoms with Crippen molar-refractivity contribution < 1.29 is 9.47 Å². The summed E-state index contributed by atoms with van der Waals surface area (Å²) in [7, 11) is 0. The number of ether oxygens (including phenoxy) is 2. The number of thiophene rings is 1. The number of rotatable bonds is 4. The molecule has 0 radical (unpaired) electrons. The van der Waals surface area contributed by atoms with Gasteiger partial charge in [0.2, 0.25) is 6.79 Å². The van der Waals surface area contributed by atoms with Crippen molar-refractivity contribution in [2.24, 2.45) is 0 Å². The summed E-state index contributed by atoms with van der Waals surface area (Å²) in [6.07, 6.45) is 0. The molecule has 0 N–H and O–H groups in total. The summed E-state index contributed by atoms with van der Waals surface area (Å²) in [5.41, 5.74) is 1.87. The SMILES string of the molecule is CCn1c(SCc2cc3c(cc2Br)OCO3)nc2ccsc2c1=O. The molecule has 1 aliphatic heterocycles. The van der Waals surface area contributed by atoms with Crippen LogP contribution in [0.4, 0.5) is 0 Å². The molecule has 24 heavy (non-hydrogen) atoms. The Morgan fingerprint density at radius 1 is 1.38 bits per heavy atom. The van der Waals surface area contributed by atoms with Gasteiger partial charge in [-0.1, -0.05) is 27.7 Å². The highest BCUT2D eigenvalue weighted by atomic mass is 79.9. The van der Waals surface area contributed by atoms with Crippen molar-refractivity contribution in [1.82, 2.24) is 9.55 Å². The fraction of sp³-hybridized carbons (Fsp3) is 0.250. The normalized spacial score (nSPS) is 12.9. The smallest absolute Gasteiger partial charge is 0.272 e. The molecular formula is C16H13BrN2O3S2. The van der Waals surface area contributed by atoms with E-state index in [1.165, 1.54) is 11.3 Å². The number of benzene rings is 1. The van der Waals surface area contributed by atoms with Gasteiger partial charge >= 0.3 is 0 Å². The maximum Gasteiger partial charge on any atom is 0.272 e. The van der Waals surface area contributed by atoms with Crippen molar-refractivity contribution in [3.8, 4) is 11.5 Å². The number of thioether (sulfide) groups is 1. The first-order valence-electron chi connectivity index (χ1n) is 7.36. The van der Waals surface area contributed by atoms with E-state index in [0.717, 1.165) is 32.2 Å². The Morgan fingerprint density at radius 3 is 2.96 bits per heavy atom. The zero-order chi connectivity index (χ0) is 16.7. The van der Waals surface area contributed by atoms with Gasteiger partial charge in [0.05, 0.1) is 5.52 Å². The third-order valence-corrected chi connectivity index (χ3v) is 6.40. The molecule has 1 aliphatic rings. The summed E-state index contributed by atoms with van der Waals surface area (Å²) < 4.78 is 14.2. The highest BCUT2D eigenvalue weighted by Crippen LogP contribution is 2.38. The van der Waals surface area contributed by atoms with Crippen LogP contribution >= 0.6 is 39.0 Å². The summed E-state index contributed by atoms with van der Waals surface area (Å²) in [6.45, 7) is 2.82. The second-order valence-corrected chi connectivity index (χ2v) is 7.88. The Morgan fingerprint density at radius 2 is 2.17 bits per heavy atom. The lowest BCUT2D eigenvalue weighted by molar-refractivity contribution is 0.174. The van der Waals surface area contributed by atoms with E-state index in [9.17, 15) is 4.79 Å². The summed E-state index contributed by atoms with van der Waals surface area (Å²) >= 11 is 6.56. The van der Waals surface area contributed by atoms with Crippen LogP contribution in [-0.4, -0.2) is 16.3 Å². The van der Waals surface area contributed by atoms with Gasteiger partial charge in [-0.05, 0) is 36.1 Å². The zero-order valence-corrected chi connectivity index (χ0v) is 16.0. The lowest BCUT2D eigenvalue weighted by atomic mass is 10.2. The molecule has 0 spiro atoms. The van der Waals surface area contributed by atoms with Gasteiger partial charge in [0.1, 0.15) is 4.70 Å². The van der Waals surface area contributed by atoms with Crippen LogP contribution in [0.25, 0.3) is 10.2 Å². The monoisotopic (exact) mass is 424 g/mol. The number of hydrogen-bond donors (Lipinski definition) is 0. The van der Waals surface area contributed by atoms with E-state index in [1.54, 1.807) is 16.3 Å². The fourth-order valence-corrected chi connectivity index (χ4v) is 5.01. The van der Waals surface area contributed by atoms with Crippen LogP contribution in [0.1, 0.15) is 12.5 Å². The third kappa shape index (κ3) is 2.72. The largest absolute Gasteiger partial charge is 0.454 e. The molecule has 8 heteroatoms. The minimum Gasteiger partial charge on any atom is -0.454 e. The summed E-state index contributed by atoms with van der Waals surface area (Å²) in [5, 5.41) is 2.64. The van der Waals surface area contributed by atoms with E-state index >= 15 is 0 Å². The molecule has 0 saturated carbocycles. The van der Waals surface area contributed by atoms with Gasteiger partial charge in [-0.2, -0.15) is 0 Å². The molecule has 0 atom stereocenters. The second-order valence-electron chi connectivity index (χ2n) is 5.16. The minimum atomic E-state index is 0.0322. The molecule has 3 aromatic rings. The van der Waals surface area contributed by atoms with Crippen molar-refractivity contribution in [2.45, 2.75) is 24.4 Å². The van der Waals surface area contributed by atoms with Gasteiger partial charge in [0.25, 0.3) is 5.56 Å². The summed E-state index contributed by atoms with van der Waals surface area (Å²) in [6, 6.07) is 5.78. The molecule has 4 rings (SSSR count). The average Bonchev–Trinajstić information content (AvgIpc) is 3.21. The Balaban J connectivity index is 1.67. The first-order valence-corrected chi connectivity index (χ1v) is 10.0. The van der Waals surface area contributed by atoms with Crippen molar-refractivity contribution in [2.75, 3.05) is 6.79 Å². The van der Waals surface area contributed by atoms with E-state index < -0.39 is 0 Å². The molecule has 0 fully saturated rings. The molecule has 1 aromatic carbocycles. The number of nitrogens with zero attached hydrogens (tertiary/aromatic N) is 2. The van der Waals surface area contributed by atoms with Crippen LogP contribution < -0.4 is 15.0 Å². The third-order valence-electron chi connectivity index (χ3n) is 3.75. The Hall–Kier alpha value is -1.51. The zero-order valence-electron chi connectivity index (χ0n) is 12.7. The quantitative estimate of drug-likeness (QED) is 0.462. The van der Waals surface area contributed by atoms with Crippen LogP contribution in [0.3, 0.4) is 0 Å². The predicted molar refractivity (Wildman–Crippen MR) is 99.4 cm³/mol. The molecule has 2 aromatic heterocycles. The van der Waals surface area contributed by atoms with Gasteiger partial charge < -0.3 is 9.47 Å². The molecular weight excluding hydrogens is 412 g/mol. The lowest BCUT2D eigenvalue weighted by Gasteiger charge is -2.11. The van der Waals surface area contributed by atoms with Gasteiger partial charge in [-0.15, -0.1) is 11.3 Å². The first-order chi connectivity index (χ1) is 11.7. The molecule has 0 saturated heterocycles. The predicted octanol–water partition coefficient (Wildman–Crippen LogP) is 4.26. The highest BCUT2D eigenvalue weighted by molar-refractivity contribution is 9.10. The standard InChI is InChI=1S/C16H13BrN2O3S2/c1-2-19-15(20)14-11(3-4-23-14)18-16(19)24-7-9-5-12-13(6-10(9)17)22-8-21-12/h3-6H,2,7-8H2,1H3. The molecule has 0 amide bonds. The Bertz CT molecular complexity index is 983. The molecule has 0 aliphatic carbocycles. The number of hydrogen-bond acceptors (Lipinski definition) is 6. The van der Waals surface area contributed by atoms with E-state index in [1.807, 2.05) is 30.5 Å². The second kappa shape index (κ2) is 6.42. The van der Waals surface area contributed by atoms with Crippen molar-refractivity contribution >= 4 is 49.2 Å². The number of halogens is 1. The van der Waals surface area contributed by atoms with Gasteiger partial charge in [0, 0.05) is 16.8 Å². The highest BCUT2D eigenvalue weighted by Gasteiger charge is 2.17. The van der Waals surface area contributed by atoms with Crippen LogP contribution in [-0.2, 0) is 12.3 Å². The first kappa shape index (κ1) is 16.0. The molecule has 5 nitrogen and oxygen atoms in total. The van der Waals surface area contributed by atoms with Gasteiger partial charge in [0.15, 0.2) is 16.7 Å². The van der Waals surface area contributed by atoms with E-state index in [0.29, 0.717) is 17.0 Å². The molecule has 124 valence electrons. The van der Waals surface area contributed by atoms with Gasteiger partial charge in [-0.3, -0.25) is 9.36 Å². The average molecular weight is 425 g/mol. The topological polar surface area (TPSA) is 53.4 Å². The summed E-state index contributed by atoms with van der Waals surface area (Å²) in [5.74, 6) is 2.18. The van der Waals surface area contributed by atoms with Gasteiger partial charge in [-0.25, -0.2) is 4.98 Å². The molecule has 0 bridgehead atoms. The minimum absolute atomic E-state index is 0.0322. The maximum absolute atomic E-state index is 12.5. The van der Waals surface area contributed by atoms with Crippen LogP contribution in [0, 0.1) is 0 Å². The molecule has 3 heterocycles. The van der Waals surface area contributed by atoms with Crippen molar-refractivity contribution in [3.05, 3.63) is 44.0 Å². The fourth-order valence-electron chi connectivity index (χ4n) is 2.52. The van der Waals surface area contributed by atoms with Crippen LogP contribution in [0.2, 0.25) is 0 Å². The Labute approximate surface area is 154 Å². The Kier molecular flexibility index (Phi) is 4.28.